The third-order valence-electron chi connectivity index (χ3n) is 5.63. The van der Waals surface area contributed by atoms with Crippen LogP contribution in [-0.4, -0.2) is 10.4 Å². The lowest BCUT2D eigenvalue weighted by Crippen LogP contribution is -2.02. The quantitative estimate of drug-likeness (QED) is 0.260. The molecule has 0 radical (unpaired) electrons. The number of rotatable bonds is 7. The van der Waals surface area contributed by atoms with Crippen LogP contribution < -0.4 is 0 Å². The summed E-state index contributed by atoms with van der Waals surface area (Å²) < 4.78 is 2.25. The van der Waals surface area contributed by atoms with E-state index in [4.69, 9.17) is 0 Å². The minimum atomic E-state index is 0.111. The molecule has 0 saturated carbocycles. The summed E-state index contributed by atoms with van der Waals surface area (Å²) in [6.45, 7) is 5.33. The van der Waals surface area contributed by atoms with Crippen molar-refractivity contribution in [3.63, 3.8) is 0 Å². The first kappa shape index (κ1) is 18.5. The molecule has 0 aliphatic carbocycles. The largest absolute Gasteiger partial charge is 0.347 e. The molecule has 0 aliphatic heterocycles. The Morgan fingerprint density at radius 1 is 0.857 bits per heavy atom. The summed E-state index contributed by atoms with van der Waals surface area (Å²) in [5.41, 5.74) is 4.04. The highest BCUT2D eigenvalue weighted by Crippen LogP contribution is 2.28. The molecule has 0 spiro atoms. The zero-order valence-electron chi connectivity index (χ0n) is 16.7. The highest BCUT2D eigenvalue weighted by atomic mass is 16.1. The molecule has 4 aromatic rings. The Morgan fingerprint density at radius 2 is 1.71 bits per heavy atom. The second-order valence-corrected chi connectivity index (χ2v) is 7.50. The Morgan fingerprint density at radius 3 is 2.54 bits per heavy atom. The van der Waals surface area contributed by atoms with Crippen molar-refractivity contribution in [2.45, 2.75) is 46.1 Å². The monoisotopic (exact) mass is 369 g/mol. The van der Waals surface area contributed by atoms with E-state index >= 15 is 0 Å². The van der Waals surface area contributed by atoms with Crippen molar-refractivity contribution in [2.75, 3.05) is 0 Å². The lowest BCUT2D eigenvalue weighted by molar-refractivity contribution is 0.104. The molecule has 1 heterocycles. The number of carbonyl (C=O) groups excluding carboxylic acids is 1. The fourth-order valence-electron chi connectivity index (χ4n) is 4.04. The van der Waals surface area contributed by atoms with E-state index in [-0.39, 0.29) is 5.78 Å². The Balaban J connectivity index is 1.80. The summed E-state index contributed by atoms with van der Waals surface area (Å²) in [7, 11) is 0. The van der Waals surface area contributed by atoms with Crippen LogP contribution in [0.25, 0.3) is 21.7 Å². The van der Waals surface area contributed by atoms with E-state index in [0.29, 0.717) is 0 Å². The van der Waals surface area contributed by atoms with Gasteiger partial charge in [-0.25, -0.2) is 0 Å². The van der Waals surface area contributed by atoms with Gasteiger partial charge in [-0.2, -0.15) is 0 Å². The van der Waals surface area contributed by atoms with Gasteiger partial charge < -0.3 is 4.57 Å². The number of hydrogen-bond donors (Lipinski definition) is 0. The molecule has 142 valence electrons. The molecule has 2 nitrogen and oxygen atoms in total. The smallest absolute Gasteiger partial charge is 0.195 e. The van der Waals surface area contributed by atoms with Gasteiger partial charge in [0.05, 0.1) is 0 Å². The molecule has 2 heteroatoms. The first-order valence-electron chi connectivity index (χ1n) is 10.4. The summed E-state index contributed by atoms with van der Waals surface area (Å²) in [6, 6.07) is 20.7. The van der Waals surface area contributed by atoms with Gasteiger partial charge in [-0.05, 0) is 35.2 Å². The standard InChI is InChI=1S/C26H27NO/c1-3-5-8-16-27-18-24(22-11-6-7-13-25(22)27)26(28)23-12-9-10-20-17-19(4-2)14-15-21(20)23/h6-7,9-15,17-18H,3-5,8,16H2,1-2H3. The van der Waals surface area contributed by atoms with Gasteiger partial charge in [-0.15, -0.1) is 0 Å². The molecule has 0 atom stereocenters. The summed E-state index contributed by atoms with van der Waals surface area (Å²) in [6.07, 6.45) is 6.59. The number of para-hydroxylation sites is 1. The molecule has 1 aromatic heterocycles. The second-order valence-electron chi connectivity index (χ2n) is 7.50. The zero-order valence-corrected chi connectivity index (χ0v) is 16.7. The number of carbonyl (C=O) groups is 1. The van der Waals surface area contributed by atoms with Crippen LogP contribution in [0, 0.1) is 0 Å². The van der Waals surface area contributed by atoms with Crippen molar-refractivity contribution >= 4 is 27.5 Å². The number of fused-ring (bicyclic) bond motifs is 2. The lowest BCUT2D eigenvalue weighted by atomic mass is 9.95. The maximum atomic E-state index is 13.6. The van der Waals surface area contributed by atoms with Gasteiger partial charge >= 0.3 is 0 Å². The number of aryl methyl sites for hydroxylation is 2. The van der Waals surface area contributed by atoms with Gasteiger partial charge in [0.1, 0.15) is 0 Å². The maximum absolute atomic E-state index is 13.6. The zero-order chi connectivity index (χ0) is 19.5. The van der Waals surface area contributed by atoms with E-state index in [0.717, 1.165) is 52.2 Å². The topological polar surface area (TPSA) is 22.0 Å². The number of ketones is 1. The Bertz CT molecular complexity index is 1140. The molecule has 4 rings (SSSR count). The van der Waals surface area contributed by atoms with Gasteiger partial charge in [0.2, 0.25) is 0 Å². The Hall–Kier alpha value is -2.87. The number of hydrogen-bond acceptors (Lipinski definition) is 1. The molecule has 28 heavy (non-hydrogen) atoms. The molecular weight excluding hydrogens is 342 g/mol. The SMILES string of the molecule is CCCCCn1cc(C(=O)c2cccc3cc(CC)ccc23)c2ccccc21. The van der Waals surface area contributed by atoms with E-state index in [1.807, 2.05) is 18.2 Å². The van der Waals surface area contributed by atoms with Crippen LogP contribution in [0.2, 0.25) is 0 Å². The van der Waals surface area contributed by atoms with Crippen LogP contribution in [0.15, 0.2) is 66.9 Å². The number of benzene rings is 3. The first-order chi connectivity index (χ1) is 13.7. The average Bonchev–Trinajstić information content (AvgIpc) is 3.11. The van der Waals surface area contributed by atoms with Gasteiger partial charge in [-0.1, -0.05) is 81.3 Å². The van der Waals surface area contributed by atoms with E-state index in [2.05, 4.69) is 67.1 Å². The van der Waals surface area contributed by atoms with E-state index in [9.17, 15) is 4.79 Å². The van der Waals surface area contributed by atoms with Crippen molar-refractivity contribution in [3.8, 4) is 0 Å². The van der Waals surface area contributed by atoms with Crippen molar-refractivity contribution in [2.24, 2.45) is 0 Å². The van der Waals surface area contributed by atoms with Crippen LogP contribution in [0.5, 0.6) is 0 Å². The van der Waals surface area contributed by atoms with E-state index in [1.165, 1.54) is 18.4 Å². The van der Waals surface area contributed by atoms with Crippen LogP contribution >= 0.6 is 0 Å². The van der Waals surface area contributed by atoms with E-state index in [1.54, 1.807) is 0 Å². The number of unbranched alkanes of at least 4 members (excludes halogenated alkanes) is 2. The Labute approximate surface area is 166 Å². The van der Waals surface area contributed by atoms with Crippen molar-refractivity contribution in [1.82, 2.24) is 4.57 Å². The van der Waals surface area contributed by atoms with Crippen molar-refractivity contribution in [3.05, 3.63) is 83.6 Å². The minimum Gasteiger partial charge on any atom is -0.347 e. The lowest BCUT2D eigenvalue weighted by Gasteiger charge is -2.07. The summed E-state index contributed by atoms with van der Waals surface area (Å²) in [5.74, 6) is 0.111. The minimum absolute atomic E-state index is 0.111. The highest BCUT2D eigenvalue weighted by molar-refractivity contribution is 6.21. The van der Waals surface area contributed by atoms with Crippen LogP contribution in [-0.2, 0) is 13.0 Å². The van der Waals surface area contributed by atoms with Gasteiger partial charge in [-0.3, -0.25) is 4.79 Å². The Kier molecular flexibility index (Phi) is 5.29. The molecule has 0 amide bonds. The van der Waals surface area contributed by atoms with Gasteiger partial charge in [0.25, 0.3) is 0 Å². The van der Waals surface area contributed by atoms with Crippen LogP contribution in [0.3, 0.4) is 0 Å². The average molecular weight is 370 g/mol. The fraction of sp³-hybridized carbons (Fsp3) is 0.269. The van der Waals surface area contributed by atoms with E-state index < -0.39 is 0 Å². The fourth-order valence-corrected chi connectivity index (χ4v) is 4.04. The number of aromatic nitrogens is 1. The summed E-state index contributed by atoms with van der Waals surface area (Å²) in [4.78, 5) is 13.6. The summed E-state index contributed by atoms with van der Waals surface area (Å²) in [5, 5.41) is 3.22. The molecule has 0 bridgehead atoms. The third-order valence-corrected chi connectivity index (χ3v) is 5.63. The van der Waals surface area contributed by atoms with Crippen molar-refractivity contribution in [1.29, 1.82) is 0 Å². The third kappa shape index (κ3) is 3.35. The predicted molar refractivity (Wildman–Crippen MR) is 118 cm³/mol. The molecule has 0 N–H and O–H groups in total. The molecule has 0 saturated heterocycles. The summed E-state index contributed by atoms with van der Waals surface area (Å²) >= 11 is 0. The molecule has 0 unspecified atom stereocenters. The number of nitrogens with zero attached hydrogens (tertiary/aromatic N) is 1. The van der Waals surface area contributed by atoms with Gasteiger partial charge in [0, 0.05) is 34.8 Å². The predicted octanol–water partition coefficient (Wildman–Crippen LogP) is 6.78. The molecule has 0 fully saturated rings. The molecule has 3 aromatic carbocycles. The van der Waals surface area contributed by atoms with Gasteiger partial charge in [0.15, 0.2) is 5.78 Å². The van der Waals surface area contributed by atoms with Crippen LogP contribution in [0.1, 0.15) is 54.6 Å². The van der Waals surface area contributed by atoms with Crippen LogP contribution in [0.4, 0.5) is 0 Å². The maximum Gasteiger partial charge on any atom is 0.195 e. The van der Waals surface area contributed by atoms with Crippen molar-refractivity contribution < 1.29 is 4.79 Å². The normalized spacial score (nSPS) is 11.4. The molecule has 0 aliphatic rings. The first-order valence-corrected chi connectivity index (χ1v) is 10.4. The second kappa shape index (κ2) is 8.02. The molecular formula is C26H27NO. The highest BCUT2D eigenvalue weighted by Gasteiger charge is 2.18.